The van der Waals surface area contributed by atoms with Crippen LogP contribution >= 0.6 is 22.6 Å². The lowest BCUT2D eigenvalue weighted by molar-refractivity contribution is -0.111. The predicted molar refractivity (Wildman–Crippen MR) is 153 cm³/mol. The monoisotopic (exact) mass is 615 g/mol. The van der Waals surface area contributed by atoms with E-state index in [0.717, 1.165) is 3.57 Å². The van der Waals surface area contributed by atoms with Crippen LogP contribution in [0.4, 0.5) is 21.9 Å². The van der Waals surface area contributed by atoms with Crippen LogP contribution in [0.1, 0.15) is 31.4 Å². The van der Waals surface area contributed by atoms with Crippen molar-refractivity contribution in [1.82, 2.24) is 0 Å². The molecule has 0 saturated heterocycles. The molecule has 0 bridgehead atoms. The van der Waals surface area contributed by atoms with E-state index in [0.29, 0.717) is 42.1 Å². The lowest BCUT2D eigenvalue weighted by Crippen LogP contribution is -2.29. The van der Waals surface area contributed by atoms with Crippen molar-refractivity contribution in [2.24, 2.45) is 0 Å². The van der Waals surface area contributed by atoms with E-state index < -0.39 is 18.3 Å². The van der Waals surface area contributed by atoms with Gasteiger partial charge in [-0.05, 0) is 90.9 Å². The van der Waals surface area contributed by atoms with Crippen LogP contribution in [0.3, 0.4) is 0 Å². The molecule has 0 aliphatic rings. The molecular weight excluding hydrogens is 585 g/mol. The molecule has 0 fully saturated rings. The van der Waals surface area contributed by atoms with Gasteiger partial charge in [-0.1, -0.05) is 36.4 Å². The number of ether oxygens (including phenoxy) is 2. The van der Waals surface area contributed by atoms with Crippen LogP contribution in [0.25, 0.3) is 0 Å². The average molecular weight is 615 g/mol. The molecule has 0 heterocycles. The fourth-order valence-electron chi connectivity index (χ4n) is 3.65. The second-order valence-corrected chi connectivity index (χ2v) is 9.32. The summed E-state index contributed by atoms with van der Waals surface area (Å²) in [6.07, 6.45) is 1.91. The van der Waals surface area contributed by atoms with Gasteiger partial charge in [0.05, 0.1) is 17.5 Å². The number of hydrogen-bond acceptors (Lipinski definition) is 6. The zero-order valence-corrected chi connectivity index (χ0v) is 22.6. The van der Waals surface area contributed by atoms with Crippen LogP contribution in [0.15, 0.2) is 84.9 Å². The van der Waals surface area contributed by atoms with Crippen molar-refractivity contribution >= 4 is 51.7 Å². The zero-order valence-electron chi connectivity index (χ0n) is 20.4. The van der Waals surface area contributed by atoms with Crippen LogP contribution in [0.2, 0.25) is 0 Å². The van der Waals surface area contributed by atoms with Crippen molar-refractivity contribution in [2.45, 2.75) is 32.0 Å². The Morgan fingerprint density at radius 1 is 1.05 bits per heavy atom. The Bertz CT molecular complexity index is 1220. The largest absolute Gasteiger partial charge is 0.508 e. The van der Waals surface area contributed by atoms with Gasteiger partial charge < -0.3 is 25.6 Å². The third kappa shape index (κ3) is 8.80. The van der Waals surface area contributed by atoms with Gasteiger partial charge in [0.2, 0.25) is 5.91 Å². The Balaban J connectivity index is 1.72. The maximum atomic E-state index is 12.8. The zero-order chi connectivity index (χ0) is 26.6. The van der Waals surface area contributed by atoms with Crippen molar-refractivity contribution in [3.05, 3.63) is 94.1 Å². The molecule has 0 saturated carbocycles. The van der Waals surface area contributed by atoms with Gasteiger partial charge in [-0.15, -0.1) is 0 Å². The summed E-state index contributed by atoms with van der Waals surface area (Å²) < 4.78 is 12.6. The molecular formula is C28H30IN3O5. The van der Waals surface area contributed by atoms with Crippen LogP contribution in [-0.2, 0) is 14.3 Å². The summed E-state index contributed by atoms with van der Waals surface area (Å²) in [7, 11) is 0. The summed E-state index contributed by atoms with van der Waals surface area (Å²) in [5.74, 6) is -0.311. The van der Waals surface area contributed by atoms with Crippen LogP contribution in [-0.4, -0.2) is 29.8 Å². The number of nitrogens with two attached hydrogens (primary N) is 1. The second kappa shape index (κ2) is 14.2. The highest BCUT2D eigenvalue weighted by Crippen LogP contribution is 2.34. The first kappa shape index (κ1) is 28.0. The number of benzene rings is 3. The number of carbonyl (C=O) groups is 2. The van der Waals surface area contributed by atoms with Gasteiger partial charge in [0.15, 0.2) is 6.10 Å². The first-order valence-electron chi connectivity index (χ1n) is 11.8. The minimum absolute atomic E-state index is 0.00185. The van der Waals surface area contributed by atoms with Gasteiger partial charge >= 0.3 is 6.09 Å². The average Bonchev–Trinajstić information content (AvgIpc) is 2.88. The molecule has 0 aromatic heterocycles. The molecule has 0 aliphatic carbocycles. The van der Waals surface area contributed by atoms with E-state index in [2.05, 4.69) is 33.2 Å². The van der Waals surface area contributed by atoms with Crippen molar-refractivity contribution in [3.63, 3.8) is 0 Å². The van der Waals surface area contributed by atoms with Gasteiger partial charge in [0.1, 0.15) is 5.75 Å². The number of halogens is 1. The van der Waals surface area contributed by atoms with Crippen molar-refractivity contribution in [3.8, 4) is 5.75 Å². The molecule has 0 radical (unpaired) electrons. The van der Waals surface area contributed by atoms with Crippen LogP contribution in [0, 0.1) is 3.57 Å². The first-order valence-corrected chi connectivity index (χ1v) is 12.9. The number of nitrogen functional groups attached to an aromatic ring is 1. The number of carbonyl (C=O) groups excluding carboxylic acids is 2. The molecule has 0 aliphatic heterocycles. The van der Waals surface area contributed by atoms with Crippen molar-refractivity contribution in [2.75, 3.05) is 23.0 Å². The molecule has 2 atom stereocenters. The maximum Gasteiger partial charge on any atom is 0.412 e. The minimum Gasteiger partial charge on any atom is -0.508 e. The number of amides is 2. The Labute approximate surface area is 230 Å². The smallest absolute Gasteiger partial charge is 0.412 e. The predicted octanol–water partition coefficient (Wildman–Crippen LogP) is 6.25. The van der Waals surface area contributed by atoms with Crippen LogP contribution in [0.5, 0.6) is 5.75 Å². The molecule has 3 aromatic carbocycles. The number of phenolic OH excluding ortho intramolecular Hbond substituents is 1. The second-order valence-electron chi connectivity index (χ2n) is 8.07. The van der Waals surface area contributed by atoms with Crippen molar-refractivity contribution < 1.29 is 24.2 Å². The lowest BCUT2D eigenvalue weighted by atomic mass is 9.99. The summed E-state index contributed by atoms with van der Waals surface area (Å²) in [5.41, 5.74) is 7.91. The maximum absolute atomic E-state index is 12.8. The van der Waals surface area contributed by atoms with Crippen LogP contribution < -0.4 is 16.4 Å². The van der Waals surface area contributed by atoms with Gasteiger partial charge in [-0.3, -0.25) is 10.1 Å². The summed E-state index contributed by atoms with van der Waals surface area (Å²) >= 11 is 2.13. The van der Waals surface area contributed by atoms with Gasteiger partial charge in [-0.2, -0.15) is 0 Å². The molecule has 8 nitrogen and oxygen atoms in total. The standard InChI is InChI=1S/C28H30IN3O5/c1-2-36-25(14-8-9-15-26(34)32-23-13-7-6-12-22(23)30)27(21-18-19(29)16-17-24(21)33)37-28(35)31-20-10-4-3-5-11-20/h3-7,9-13,15-18,25,27,33H,2,8,14,30H2,1H3,(H,31,35)(H,32,34)/b15-9+/t25-,27-/m0/s1. The lowest BCUT2D eigenvalue weighted by Gasteiger charge is -2.28. The van der Waals surface area contributed by atoms with E-state index in [1.54, 1.807) is 72.8 Å². The molecule has 5 N–H and O–H groups in total. The summed E-state index contributed by atoms with van der Waals surface area (Å²) in [4.78, 5) is 25.1. The molecule has 0 spiro atoms. The number of para-hydroxylation sites is 3. The molecule has 194 valence electrons. The number of allylic oxidation sites excluding steroid dienone is 1. The van der Waals surface area contributed by atoms with Gasteiger partial charge in [-0.25, -0.2) is 4.79 Å². The normalized spacial score (nSPS) is 12.6. The topological polar surface area (TPSA) is 123 Å². The van der Waals surface area contributed by atoms with E-state index in [1.165, 1.54) is 6.08 Å². The van der Waals surface area contributed by atoms with E-state index in [4.69, 9.17) is 15.2 Å². The fraction of sp³-hybridized carbons (Fsp3) is 0.214. The highest BCUT2D eigenvalue weighted by atomic mass is 127. The Hall–Kier alpha value is -3.57. The summed E-state index contributed by atoms with van der Waals surface area (Å²) in [6.45, 7) is 2.21. The highest BCUT2D eigenvalue weighted by molar-refractivity contribution is 14.1. The SMILES string of the molecule is CCO[C@@H](CC/C=C/C(=O)Nc1ccccc1N)[C@@H](OC(=O)Nc1ccccc1)c1cc(I)ccc1O. The van der Waals surface area contributed by atoms with Crippen molar-refractivity contribution in [1.29, 1.82) is 0 Å². The molecule has 2 amide bonds. The minimum atomic E-state index is -0.885. The fourth-order valence-corrected chi connectivity index (χ4v) is 4.16. The van der Waals surface area contributed by atoms with E-state index >= 15 is 0 Å². The summed E-state index contributed by atoms with van der Waals surface area (Å²) in [6, 6.07) is 21.0. The number of phenols is 1. The highest BCUT2D eigenvalue weighted by Gasteiger charge is 2.30. The Morgan fingerprint density at radius 2 is 1.78 bits per heavy atom. The van der Waals surface area contributed by atoms with Gasteiger partial charge in [0, 0.05) is 21.4 Å². The quantitative estimate of drug-likeness (QED) is 0.115. The molecule has 0 unspecified atom stereocenters. The number of nitrogens with one attached hydrogen (secondary N) is 2. The third-order valence-corrected chi connectivity index (χ3v) is 6.05. The molecule has 9 heteroatoms. The molecule has 3 rings (SSSR count). The number of rotatable bonds is 11. The Kier molecular flexibility index (Phi) is 10.8. The van der Waals surface area contributed by atoms with E-state index in [1.807, 2.05) is 13.0 Å². The number of hydrogen-bond donors (Lipinski definition) is 4. The first-order chi connectivity index (χ1) is 17.9. The van der Waals surface area contributed by atoms with Gasteiger partial charge in [0.25, 0.3) is 0 Å². The molecule has 3 aromatic rings. The van der Waals surface area contributed by atoms with E-state index in [-0.39, 0.29) is 11.7 Å². The van der Waals surface area contributed by atoms with E-state index in [9.17, 15) is 14.7 Å². The Morgan fingerprint density at radius 3 is 2.51 bits per heavy atom. The third-order valence-electron chi connectivity index (χ3n) is 5.37. The number of anilines is 3. The summed E-state index contributed by atoms with van der Waals surface area (Å²) in [5, 5.41) is 16.0. The number of aromatic hydroxyl groups is 1. The molecule has 37 heavy (non-hydrogen) atoms.